The summed E-state index contributed by atoms with van der Waals surface area (Å²) < 4.78 is 5.11. The average molecular weight is 293 g/mol. The lowest BCUT2D eigenvalue weighted by Gasteiger charge is -2.20. The Morgan fingerprint density at radius 3 is 2.57 bits per heavy atom. The van der Waals surface area contributed by atoms with Gasteiger partial charge in [0, 0.05) is 26.1 Å². The third-order valence-electron chi connectivity index (χ3n) is 3.70. The van der Waals surface area contributed by atoms with Crippen molar-refractivity contribution in [2.45, 2.75) is 38.6 Å². The molecular formula is C15H23N3O3. The van der Waals surface area contributed by atoms with Crippen LogP contribution in [0.3, 0.4) is 0 Å². The SMILES string of the molecule is NCc1cc(C(=O)NCCC(=O)N2CCCCCC2)co1. The number of amides is 2. The predicted octanol–water partition coefficient (Wildman–Crippen LogP) is 1.26. The Kier molecular flexibility index (Phi) is 5.80. The lowest BCUT2D eigenvalue weighted by atomic mass is 10.2. The van der Waals surface area contributed by atoms with Crippen molar-refractivity contribution in [2.24, 2.45) is 5.73 Å². The maximum Gasteiger partial charge on any atom is 0.254 e. The molecule has 0 saturated carbocycles. The zero-order valence-electron chi connectivity index (χ0n) is 12.3. The Labute approximate surface area is 124 Å². The van der Waals surface area contributed by atoms with Gasteiger partial charge in [-0.25, -0.2) is 0 Å². The van der Waals surface area contributed by atoms with E-state index in [0.717, 1.165) is 25.9 Å². The second-order valence-electron chi connectivity index (χ2n) is 5.31. The number of likely N-dealkylation sites (tertiary alicyclic amines) is 1. The molecule has 0 atom stereocenters. The van der Waals surface area contributed by atoms with Crippen molar-refractivity contribution in [2.75, 3.05) is 19.6 Å². The van der Waals surface area contributed by atoms with E-state index in [1.165, 1.54) is 19.1 Å². The number of furan rings is 1. The van der Waals surface area contributed by atoms with Gasteiger partial charge in [-0.3, -0.25) is 9.59 Å². The summed E-state index contributed by atoms with van der Waals surface area (Å²) in [5, 5.41) is 2.73. The first-order chi connectivity index (χ1) is 10.2. The van der Waals surface area contributed by atoms with E-state index < -0.39 is 0 Å². The van der Waals surface area contributed by atoms with Crippen LogP contribution in [0.25, 0.3) is 0 Å². The molecule has 1 fully saturated rings. The highest BCUT2D eigenvalue weighted by Gasteiger charge is 2.16. The monoisotopic (exact) mass is 293 g/mol. The number of hydrogen-bond acceptors (Lipinski definition) is 4. The number of carbonyl (C=O) groups is 2. The molecule has 21 heavy (non-hydrogen) atoms. The summed E-state index contributed by atoms with van der Waals surface area (Å²) in [6.45, 7) is 2.29. The lowest BCUT2D eigenvalue weighted by Crippen LogP contribution is -2.35. The summed E-state index contributed by atoms with van der Waals surface area (Å²) in [5.74, 6) is 0.454. The molecule has 1 aliphatic rings. The van der Waals surface area contributed by atoms with Gasteiger partial charge in [0.2, 0.25) is 5.91 Å². The van der Waals surface area contributed by atoms with Gasteiger partial charge < -0.3 is 20.4 Å². The third-order valence-corrected chi connectivity index (χ3v) is 3.70. The average Bonchev–Trinajstić information content (AvgIpc) is 2.81. The number of nitrogens with one attached hydrogen (secondary N) is 1. The highest BCUT2D eigenvalue weighted by atomic mass is 16.3. The van der Waals surface area contributed by atoms with Crippen molar-refractivity contribution in [3.8, 4) is 0 Å². The minimum Gasteiger partial charge on any atom is -0.467 e. The molecule has 1 aliphatic heterocycles. The summed E-state index contributed by atoms with van der Waals surface area (Å²) in [6.07, 6.45) is 6.28. The van der Waals surface area contributed by atoms with Gasteiger partial charge in [0.1, 0.15) is 12.0 Å². The second kappa shape index (κ2) is 7.83. The summed E-state index contributed by atoms with van der Waals surface area (Å²) >= 11 is 0. The van der Waals surface area contributed by atoms with E-state index in [2.05, 4.69) is 5.32 Å². The molecule has 3 N–H and O–H groups in total. The first-order valence-electron chi connectivity index (χ1n) is 7.54. The molecule has 6 heteroatoms. The van der Waals surface area contributed by atoms with E-state index in [-0.39, 0.29) is 18.4 Å². The van der Waals surface area contributed by atoms with Crippen LogP contribution in [-0.2, 0) is 11.3 Å². The Bertz CT molecular complexity index is 476. The molecule has 0 spiro atoms. The van der Waals surface area contributed by atoms with Crippen LogP contribution in [0.15, 0.2) is 16.7 Å². The zero-order valence-corrected chi connectivity index (χ0v) is 12.3. The van der Waals surface area contributed by atoms with Gasteiger partial charge in [-0.2, -0.15) is 0 Å². The van der Waals surface area contributed by atoms with E-state index in [9.17, 15) is 9.59 Å². The molecule has 0 aromatic carbocycles. The first kappa shape index (κ1) is 15.6. The van der Waals surface area contributed by atoms with E-state index in [1.54, 1.807) is 6.07 Å². The largest absolute Gasteiger partial charge is 0.467 e. The van der Waals surface area contributed by atoms with E-state index in [4.69, 9.17) is 10.2 Å². The molecule has 0 aliphatic carbocycles. The van der Waals surface area contributed by atoms with E-state index in [0.29, 0.717) is 24.3 Å². The molecule has 0 bridgehead atoms. The van der Waals surface area contributed by atoms with Crippen molar-refractivity contribution >= 4 is 11.8 Å². The van der Waals surface area contributed by atoms with Crippen LogP contribution in [0.1, 0.15) is 48.2 Å². The highest BCUT2D eigenvalue weighted by molar-refractivity contribution is 5.94. The maximum atomic E-state index is 12.1. The number of nitrogens with two attached hydrogens (primary N) is 1. The number of carbonyl (C=O) groups excluding carboxylic acids is 2. The molecule has 116 valence electrons. The predicted molar refractivity (Wildman–Crippen MR) is 78.6 cm³/mol. The van der Waals surface area contributed by atoms with Gasteiger partial charge in [0.15, 0.2) is 0 Å². The molecular weight excluding hydrogens is 270 g/mol. The van der Waals surface area contributed by atoms with Crippen LogP contribution in [0, 0.1) is 0 Å². The van der Waals surface area contributed by atoms with Crippen LogP contribution < -0.4 is 11.1 Å². The summed E-state index contributed by atoms with van der Waals surface area (Å²) in [4.78, 5) is 25.8. The van der Waals surface area contributed by atoms with Crippen LogP contribution in [0.2, 0.25) is 0 Å². The zero-order chi connectivity index (χ0) is 15.1. The molecule has 0 unspecified atom stereocenters. The molecule has 2 rings (SSSR count). The fourth-order valence-corrected chi connectivity index (χ4v) is 2.47. The molecule has 1 aromatic rings. The van der Waals surface area contributed by atoms with Gasteiger partial charge in [-0.15, -0.1) is 0 Å². The maximum absolute atomic E-state index is 12.1. The van der Waals surface area contributed by atoms with Crippen LogP contribution in [0.5, 0.6) is 0 Å². The van der Waals surface area contributed by atoms with Crippen molar-refractivity contribution in [3.05, 3.63) is 23.7 Å². The molecule has 2 amide bonds. The lowest BCUT2D eigenvalue weighted by molar-refractivity contribution is -0.131. The number of hydrogen-bond donors (Lipinski definition) is 2. The second-order valence-corrected chi connectivity index (χ2v) is 5.31. The van der Waals surface area contributed by atoms with Gasteiger partial charge in [0.05, 0.1) is 12.1 Å². The smallest absolute Gasteiger partial charge is 0.254 e. The minimum absolute atomic E-state index is 0.118. The van der Waals surface area contributed by atoms with Gasteiger partial charge in [-0.1, -0.05) is 12.8 Å². The third kappa shape index (κ3) is 4.60. The number of nitrogens with zero attached hydrogens (tertiary/aromatic N) is 1. The Hall–Kier alpha value is -1.82. The van der Waals surface area contributed by atoms with Crippen LogP contribution in [-0.4, -0.2) is 36.3 Å². The Morgan fingerprint density at radius 2 is 1.95 bits per heavy atom. The standard InChI is InChI=1S/C15H23N3O3/c16-10-13-9-12(11-21-13)15(20)17-6-5-14(19)18-7-3-1-2-4-8-18/h9,11H,1-8,10,16H2,(H,17,20). The van der Waals surface area contributed by atoms with Crippen molar-refractivity contribution < 1.29 is 14.0 Å². The van der Waals surface area contributed by atoms with Gasteiger partial charge in [0.25, 0.3) is 5.91 Å². The number of rotatable bonds is 5. The van der Waals surface area contributed by atoms with Crippen LogP contribution in [0.4, 0.5) is 0 Å². The van der Waals surface area contributed by atoms with E-state index in [1.807, 2.05) is 4.90 Å². The summed E-state index contributed by atoms with van der Waals surface area (Å²) in [5.41, 5.74) is 5.87. The van der Waals surface area contributed by atoms with Crippen LogP contribution >= 0.6 is 0 Å². The van der Waals surface area contributed by atoms with Crippen molar-refractivity contribution in [3.63, 3.8) is 0 Å². The quantitative estimate of drug-likeness (QED) is 0.855. The van der Waals surface area contributed by atoms with E-state index >= 15 is 0 Å². The molecule has 1 aromatic heterocycles. The molecule has 2 heterocycles. The molecule has 1 saturated heterocycles. The van der Waals surface area contributed by atoms with Crippen molar-refractivity contribution in [1.82, 2.24) is 10.2 Å². The Morgan fingerprint density at radius 1 is 1.24 bits per heavy atom. The minimum atomic E-state index is -0.234. The highest BCUT2D eigenvalue weighted by Crippen LogP contribution is 2.10. The molecule has 6 nitrogen and oxygen atoms in total. The summed E-state index contributed by atoms with van der Waals surface area (Å²) in [7, 11) is 0. The first-order valence-corrected chi connectivity index (χ1v) is 7.54. The topological polar surface area (TPSA) is 88.6 Å². The summed E-state index contributed by atoms with van der Waals surface area (Å²) in [6, 6.07) is 1.62. The molecule has 0 radical (unpaired) electrons. The Balaban J connectivity index is 1.72. The van der Waals surface area contributed by atoms with Gasteiger partial charge in [-0.05, 0) is 18.9 Å². The fraction of sp³-hybridized carbons (Fsp3) is 0.600. The van der Waals surface area contributed by atoms with Crippen molar-refractivity contribution in [1.29, 1.82) is 0 Å². The fourth-order valence-electron chi connectivity index (χ4n) is 2.47. The normalized spacial score (nSPS) is 15.6. The van der Waals surface area contributed by atoms with Gasteiger partial charge >= 0.3 is 0 Å².